The molecule has 2 aromatic rings. The first kappa shape index (κ1) is 15.0. The van der Waals surface area contributed by atoms with Crippen molar-refractivity contribution >= 4 is 21.6 Å². The van der Waals surface area contributed by atoms with Crippen LogP contribution in [-0.4, -0.2) is 0 Å². The third kappa shape index (κ3) is 2.53. The lowest BCUT2D eigenvalue weighted by Gasteiger charge is -2.38. The van der Waals surface area contributed by atoms with Crippen LogP contribution >= 0.6 is 15.9 Å². The Balaban J connectivity index is 1.74. The Morgan fingerprint density at radius 2 is 1.87 bits per heavy atom. The van der Waals surface area contributed by atoms with Crippen LogP contribution in [-0.2, 0) is 0 Å². The normalized spacial score (nSPS) is 25.1. The van der Waals surface area contributed by atoms with Crippen molar-refractivity contribution < 1.29 is 0 Å². The van der Waals surface area contributed by atoms with E-state index in [1.165, 1.54) is 22.4 Å². The van der Waals surface area contributed by atoms with Gasteiger partial charge in [-0.2, -0.15) is 0 Å². The lowest BCUT2D eigenvalue weighted by atomic mass is 9.77. The van der Waals surface area contributed by atoms with Crippen LogP contribution in [0, 0.1) is 5.92 Å². The van der Waals surface area contributed by atoms with Gasteiger partial charge in [0.1, 0.15) is 0 Å². The largest absolute Gasteiger partial charge is 0.377 e. The van der Waals surface area contributed by atoms with Crippen LogP contribution in [0.1, 0.15) is 54.8 Å². The minimum absolute atomic E-state index is 0.377. The number of rotatable bonds is 2. The van der Waals surface area contributed by atoms with E-state index >= 15 is 0 Å². The second-order valence-electron chi connectivity index (χ2n) is 7.00. The second-order valence-corrected chi connectivity index (χ2v) is 7.86. The van der Waals surface area contributed by atoms with Crippen molar-refractivity contribution in [3.8, 4) is 0 Å². The van der Waals surface area contributed by atoms with Gasteiger partial charge in [-0.1, -0.05) is 62.4 Å². The van der Waals surface area contributed by atoms with Gasteiger partial charge in [0.15, 0.2) is 0 Å². The van der Waals surface area contributed by atoms with Gasteiger partial charge in [0.2, 0.25) is 0 Å². The molecule has 118 valence electrons. The monoisotopic (exact) mass is 367 g/mol. The topological polar surface area (TPSA) is 12.0 Å². The molecule has 3 atom stereocenters. The summed E-state index contributed by atoms with van der Waals surface area (Å²) in [5.74, 6) is 1.72. The van der Waals surface area contributed by atoms with Crippen molar-refractivity contribution in [1.29, 1.82) is 0 Å². The number of fused-ring (bicyclic) bond motifs is 3. The maximum Gasteiger partial charge on any atom is 0.0554 e. The van der Waals surface area contributed by atoms with Gasteiger partial charge in [-0.25, -0.2) is 0 Å². The zero-order valence-electron chi connectivity index (χ0n) is 13.6. The van der Waals surface area contributed by atoms with Crippen LogP contribution in [0.25, 0.3) is 0 Å². The van der Waals surface area contributed by atoms with Crippen LogP contribution in [0.5, 0.6) is 0 Å². The van der Waals surface area contributed by atoms with Crippen molar-refractivity contribution in [2.75, 3.05) is 5.32 Å². The fourth-order valence-corrected chi connectivity index (χ4v) is 4.50. The molecule has 0 spiro atoms. The van der Waals surface area contributed by atoms with Crippen molar-refractivity contribution in [2.45, 2.75) is 38.1 Å². The number of hydrogen-bond donors (Lipinski definition) is 1. The van der Waals surface area contributed by atoms with Crippen LogP contribution in [0.2, 0.25) is 0 Å². The molecule has 1 nitrogen and oxygen atoms in total. The summed E-state index contributed by atoms with van der Waals surface area (Å²) in [7, 11) is 0. The third-order valence-corrected chi connectivity index (χ3v) is 5.97. The summed E-state index contributed by atoms with van der Waals surface area (Å²) in [5.41, 5.74) is 5.49. The zero-order valence-corrected chi connectivity index (χ0v) is 15.2. The SMILES string of the molecule is CC(C)c1ccc([C@@H]2Nc3c(Br)cccc3[C@H]3C=CC[C@H]32)cc1. The molecule has 0 bridgehead atoms. The predicted octanol–water partition coefficient (Wildman–Crippen LogP) is 6.40. The van der Waals surface area contributed by atoms with Gasteiger partial charge in [-0.3, -0.25) is 0 Å². The molecule has 0 radical (unpaired) electrons. The van der Waals surface area contributed by atoms with Crippen LogP contribution in [0.15, 0.2) is 59.1 Å². The van der Waals surface area contributed by atoms with E-state index < -0.39 is 0 Å². The Morgan fingerprint density at radius 1 is 1.09 bits per heavy atom. The summed E-state index contributed by atoms with van der Waals surface area (Å²) in [6, 6.07) is 16.1. The summed E-state index contributed by atoms with van der Waals surface area (Å²) in [6.45, 7) is 4.50. The highest BCUT2D eigenvalue weighted by atomic mass is 79.9. The molecule has 1 aliphatic heterocycles. The number of hydrogen-bond acceptors (Lipinski definition) is 1. The predicted molar refractivity (Wildman–Crippen MR) is 101 cm³/mol. The maximum atomic E-state index is 3.81. The molecule has 0 fully saturated rings. The number of nitrogens with one attached hydrogen (secondary N) is 1. The van der Waals surface area contributed by atoms with E-state index in [4.69, 9.17) is 0 Å². The van der Waals surface area contributed by atoms with Gasteiger partial charge in [-0.05, 0) is 56.9 Å². The highest BCUT2D eigenvalue weighted by Gasteiger charge is 2.38. The number of para-hydroxylation sites is 1. The van der Waals surface area contributed by atoms with Crippen LogP contribution in [0.4, 0.5) is 5.69 Å². The standard InChI is InChI=1S/C21H22BrN/c1-13(2)14-9-11-15(12-10-14)20-17-6-3-5-16(17)18-7-4-8-19(22)21(18)23-20/h3-5,7-13,16-17,20,23H,6H2,1-2H3/t16-,17+,20-/m0/s1. The van der Waals surface area contributed by atoms with Gasteiger partial charge in [0.25, 0.3) is 0 Å². The quantitative estimate of drug-likeness (QED) is 0.605. The molecule has 0 saturated carbocycles. The van der Waals surface area contributed by atoms with E-state index in [2.05, 4.69) is 89.7 Å². The zero-order chi connectivity index (χ0) is 16.0. The Morgan fingerprint density at radius 3 is 2.61 bits per heavy atom. The molecule has 0 amide bonds. The molecule has 2 aromatic carbocycles. The van der Waals surface area contributed by atoms with E-state index in [1.54, 1.807) is 0 Å². The number of benzene rings is 2. The van der Waals surface area contributed by atoms with Gasteiger partial charge in [-0.15, -0.1) is 0 Å². The minimum Gasteiger partial charge on any atom is -0.377 e. The molecule has 0 aromatic heterocycles. The molecule has 1 N–H and O–H groups in total. The first-order chi connectivity index (χ1) is 11.1. The maximum absolute atomic E-state index is 3.81. The summed E-state index contributed by atoms with van der Waals surface area (Å²) in [6.07, 6.45) is 5.90. The lowest BCUT2D eigenvalue weighted by molar-refractivity contribution is 0.425. The molecular formula is C21H22BrN. The smallest absolute Gasteiger partial charge is 0.0554 e. The fourth-order valence-electron chi connectivity index (χ4n) is 4.00. The second kappa shape index (κ2) is 5.83. The first-order valence-electron chi connectivity index (χ1n) is 8.46. The van der Waals surface area contributed by atoms with Gasteiger partial charge in [0.05, 0.1) is 11.7 Å². The Bertz CT molecular complexity index is 745. The van der Waals surface area contributed by atoms with E-state index in [9.17, 15) is 0 Å². The number of anilines is 1. The molecule has 2 heteroatoms. The molecule has 2 aliphatic rings. The molecule has 4 rings (SSSR count). The van der Waals surface area contributed by atoms with Crippen molar-refractivity contribution in [2.24, 2.45) is 5.92 Å². The first-order valence-corrected chi connectivity index (χ1v) is 9.26. The van der Waals surface area contributed by atoms with E-state index in [-0.39, 0.29) is 0 Å². The van der Waals surface area contributed by atoms with Crippen molar-refractivity contribution in [3.05, 3.63) is 75.8 Å². The average Bonchev–Trinajstić information content (AvgIpc) is 3.04. The van der Waals surface area contributed by atoms with Crippen LogP contribution in [0.3, 0.4) is 0 Å². The van der Waals surface area contributed by atoms with Gasteiger partial charge in [0, 0.05) is 10.4 Å². The summed E-state index contributed by atoms with van der Waals surface area (Å²) < 4.78 is 1.16. The van der Waals surface area contributed by atoms with Crippen molar-refractivity contribution in [3.63, 3.8) is 0 Å². The van der Waals surface area contributed by atoms with Gasteiger partial charge >= 0.3 is 0 Å². The van der Waals surface area contributed by atoms with E-state index in [0.29, 0.717) is 23.8 Å². The highest BCUT2D eigenvalue weighted by molar-refractivity contribution is 9.10. The minimum atomic E-state index is 0.377. The highest BCUT2D eigenvalue weighted by Crippen LogP contribution is 2.51. The average molecular weight is 368 g/mol. The lowest BCUT2D eigenvalue weighted by Crippen LogP contribution is -2.29. The molecule has 0 saturated heterocycles. The van der Waals surface area contributed by atoms with E-state index in [0.717, 1.165) is 10.9 Å². The number of allylic oxidation sites excluding steroid dienone is 2. The summed E-state index contributed by atoms with van der Waals surface area (Å²) >= 11 is 3.72. The fraction of sp³-hybridized carbons (Fsp3) is 0.333. The summed E-state index contributed by atoms with van der Waals surface area (Å²) in [4.78, 5) is 0. The third-order valence-electron chi connectivity index (χ3n) is 5.31. The summed E-state index contributed by atoms with van der Waals surface area (Å²) in [5, 5.41) is 3.81. The molecular weight excluding hydrogens is 346 g/mol. The van der Waals surface area contributed by atoms with E-state index in [1.807, 2.05) is 0 Å². The molecule has 1 heterocycles. The Hall–Kier alpha value is -1.54. The van der Waals surface area contributed by atoms with Gasteiger partial charge < -0.3 is 5.32 Å². The molecule has 23 heavy (non-hydrogen) atoms. The Labute approximate surface area is 146 Å². The number of halogens is 1. The van der Waals surface area contributed by atoms with Crippen LogP contribution < -0.4 is 5.32 Å². The van der Waals surface area contributed by atoms with Crippen molar-refractivity contribution in [1.82, 2.24) is 0 Å². The molecule has 1 aliphatic carbocycles. The Kier molecular flexibility index (Phi) is 3.81. The molecule has 0 unspecified atom stereocenters.